The summed E-state index contributed by atoms with van der Waals surface area (Å²) in [4.78, 5) is 11.8. The van der Waals surface area contributed by atoms with E-state index < -0.39 is 12.3 Å². The molecule has 0 bridgehead atoms. The molecule has 2 aromatic rings. The van der Waals surface area contributed by atoms with Gasteiger partial charge in [-0.2, -0.15) is 0 Å². The summed E-state index contributed by atoms with van der Waals surface area (Å²) >= 11 is 0. The molecule has 0 spiro atoms. The summed E-state index contributed by atoms with van der Waals surface area (Å²) in [6.45, 7) is 1.76. The molecule has 0 saturated heterocycles. The number of hydrogen-bond acceptors (Lipinski definition) is 4. The van der Waals surface area contributed by atoms with Crippen molar-refractivity contribution in [2.45, 2.75) is 19.8 Å². The zero-order valence-corrected chi connectivity index (χ0v) is 11.2. The van der Waals surface area contributed by atoms with Crippen LogP contribution in [0.15, 0.2) is 54.6 Å². The van der Waals surface area contributed by atoms with E-state index in [-0.39, 0.29) is 6.61 Å². The Morgan fingerprint density at radius 2 is 1.75 bits per heavy atom. The average Bonchev–Trinajstić information content (AvgIpc) is 2.46. The summed E-state index contributed by atoms with van der Waals surface area (Å²) in [6, 6.07) is 15.9. The largest absolute Gasteiger partial charge is 0.465 e. The maximum atomic E-state index is 11.8. The first-order valence-corrected chi connectivity index (χ1v) is 6.31. The Labute approximate surface area is 117 Å². The van der Waals surface area contributed by atoms with Gasteiger partial charge < -0.3 is 14.6 Å². The predicted molar refractivity (Wildman–Crippen MR) is 74.3 cm³/mol. The predicted octanol–water partition coefficient (Wildman–Crippen LogP) is 2.76. The highest BCUT2D eigenvalue weighted by Gasteiger charge is 2.08. The Balaban J connectivity index is 1.92. The molecule has 2 aromatic carbocycles. The zero-order valence-electron chi connectivity index (χ0n) is 11.2. The second kappa shape index (κ2) is 6.73. The second-order valence-electron chi connectivity index (χ2n) is 4.30. The van der Waals surface area contributed by atoms with Crippen LogP contribution in [0.25, 0.3) is 0 Å². The number of aliphatic hydroxyl groups is 1. The summed E-state index contributed by atoms with van der Waals surface area (Å²) < 4.78 is 10.3. The van der Waals surface area contributed by atoms with E-state index in [1.807, 2.05) is 30.3 Å². The van der Waals surface area contributed by atoms with Gasteiger partial charge >= 0.3 is 5.97 Å². The molecule has 0 aromatic heterocycles. The van der Waals surface area contributed by atoms with Crippen molar-refractivity contribution < 1.29 is 19.4 Å². The SMILES string of the molecule is CC(O)Oc1ccc(C(=O)OCc2ccccc2)cc1. The smallest absolute Gasteiger partial charge is 0.338 e. The van der Waals surface area contributed by atoms with Crippen LogP contribution < -0.4 is 4.74 Å². The molecule has 1 unspecified atom stereocenters. The standard InChI is InChI=1S/C16H16O4/c1-12(17)20-15-9-7-14(8-10-15)16(18)19-11-13-5-3-2-4-6-13/h2-10,12,17H,11H2,1H3. The van der Waals surface area contributed by atoms with Crippen LogP contribution in [0, 0.1) is 0 Å². The Kier molecular flexibility index (Phi) is 4.74. The van der Waals surface area contributed by atoms with E-state index in [1.165, 1.54) is 6.92 Å². The molecule has 0 heterocycles. The highest BCUT2D eigenvalue weighted by Crippen LogP contribution is 2.14. The van der Waals surface area contributed by atoms with E-state index in [2.05, 4.69) is 0 Å². The number of esters is 1. The monoisotopic (exact) mass is 272 g/mol. The van der Waals surface area contributed by atoms with E-state index in [0.29, 0.717) is 11.3 Å². The first-order chi connectivity index (χ1) is 9.65. The number of carbonyl (C=O) groups excluding carboxylic acids is 1. The van der Waals surface area contributed by atoms with Gasteiger partial charge in [-0.15, -0.1) is 0 Å². The Bertz CT molecular complexity index is 546. The molecule has 1 N–H and O–H groups in total. The van der Waals surface area contributed by atoms with E-state index in [4.69, 9.17) is 14.6 Å². The van der Waals surface area contributed by atoms with Gasteiger partial charge in [0, 0.05) is 0 Å². The minimum Gasteiger partial charge on any atom is -0.465 e. The normalized spacial score (nSPS) is 11.7. The maximum absolute atomic E-state index is 11.8. The van der Waals surface area contributed by atoms with Crippen molar-refractivity contribution in [1.29, 1.82) is 0 Å². The van der Waals surface area contributed by atoms with Gasteiger partial charge in [0.25, 0.3) is 0 Å². The summed E-state index contributed by atoms with van der Waals surface area (Å²) in [7, 11) is 0. The second-order valence-corrected chi connectivity index (χ2v) is 4.30. The average molecular weight is 272 g/mol. The summed E-state index contributed by atoms with van der Waals surface area (Å²) in [6.07, 6.45) is -0.883. The quantitative estimate of drug-likeness (QED) is 0.671. The van der Waals surface area contributed by atoms with Gasteiger partial charge in [0.05, 0.1) is 5.56 Å². The van der Waals surface area contributed by atoms with Crippen LogP contribution in [0.1, 0.15) is 22.8 Å². The van der Waals surface area contributed by atoms with Crippen molar-refractivity contribution in [2.24, 2.45) is 0 Å². The topological polar surface area (TPSA) is 55.8 Å². The molecule has 4 heteroatoms. The van der Waals surface area contributed by atoms with Gasteiger partial charge in [-0.05, 0) is 36.8 Å². The zero-order chi connectivity index (χ0) is 14.4. The molecule has 104 valence electrons. The van der Waals surface area contributed by atoms with E-state index in [0.717, 1.165) is 5.56 Å². The minimum absolute atomic E-state index is 0.242. The van der Waals surface area contributed by atoms with Crippen molar-refractivity contribution in [3.63, 3.8) is 0 Å². The minimum atomic E-state index is -0.883. The fourth-order valence-electron chi connectivity index (χ4n) is 1.67. The molecule has 0 saturated carbocycles. The summed E-state index contributed by atoms with van der Waals surface area (Å²) in [5.41, 5.74) is 1.38. The van der Waals surface area contributed by atoms with Crippen LogP contribution in [0.4, 0.5) is 0 Å². The number of benzene rings is 2. The number of aliphatic hydroxyl groups excluding tert-OH is 1. The summed E-state index contributed by atoms with van der Waals surface area (Å²) in [5, 5.41) is 9.08. The van der Waals surface area contributed by atoms with Gasteiger partial charge in [0.1, 0.15) is 12.4 Å². The maximum Gasteiger partial charge on any atom is 0.338 e. The third-order valence-electron chi connectivity index (χ3n) is 2.61. The molecule has 20 heavy (non-hydrogen) atoms. The lowest BCUT2D eigenvalue weighted by atomic mass is 10.2. The molecule has 0 amide bonds. The van der Waals surface area contributed by atoms with Crippen LogP contribution in [-0.4, -0.2) is 17.4 Å². The fourth-order valence-corrected chi connectivity index (χ4v) is 1.67. The van der Waals surface area contributed by atoms with Crippen molar-refractivity contribution in [3.05, 3.63) is 65.7 Å². The lowest BCUT2D eigenvalue weighted by Crippen LogP contribution is -2.10. The van der Waals surface area contributed by atoms with Gasteiger partial charge in [-0.25, -0.2) is 4.79 Å². The molecule has 0 radical (unpaired) electrons. The number of carbonyl (C=O) groups is 1. The van der Waals surface area contributed by atoms with Crippen LogP contribution in [0.2, 0.25) is 0 Å². The first-order valence-electron chi connectivity index (χ1n) is 6.31. The van der Waals surface area contributed by atoms with E-state index >= 15 is 0 Å². The van der Waals surface area contributed by atoms with E-state index in [9.17, 15) is 4.79 Å². The lowest BCUT2D eigenvalue weighted by Gasteiger charge is -2.09. The third-order valence-corrected chi connectivity index (χ3v) is 2.61. The highest BCUT2D eigenvalue weighted by molar-refractivity contribution is 5.89. The van der Waals surface area contributed by atoms with Crippen molar-refractivity contribution in [1.82, 2.24) is 0 Å². The Hall–Kier alpha value is -2.33. The highest BCUT2D eigenvalue weighted by atomic mass is 16.6. The number of ether oxygens (including phenoxy) is 2. The molecule has 4 nitrogen and oxygen atoms in total. The molecule has 0 aliphatic rings. The fraction of sp³-hybridized carbons (Fsp3) is 0.188. The van der Waals surface area contributed by atoms with Gasteiger partial charge in [-0.3, -0.25) is 0 Å². The Morgan fingerprint density at radius 1 is 1.10 bits per heavy atom. The third kappa shape index (κ3) is 4.10. The van der Waals surface area contributed by atoms with Crippen molar-refractivity contribution in [2.75, 3.05) is 0 Å². The van der Waals surface area contributed by atoms with Gasteiger partial charge in [-0.1, -0.05) is 30.3 Å². The number of hydrogen-bond donors (Lipinski definition) is 1. The van der Waals surface area contributed by atoms with Gasteiger partial charge in [0.2, 0.25) is 0 Å². The molecule has 2 rings (SSSR count). The molecule has 0 fully saturated rings. The molecule has 1 atom stereocenters. The Morgan fingerprint density at radius 3 is 2.35 bits per heavy atom. The van der Waals surface area contributed by atoms with E-state index in [1.54, 1.807) is 24.3 Å². The lowest BCUT2D eigenvalue weighted by molar-refractivity contribution is -0.000295. The van der Waals surface area contributed by atoms with Crippen LogP contribution in [0.3, 0.4) is 0 Å². The van der Waals surface area contributed by atoms with Crippen LogP contribution >= 0.6 is 0 Å². The van der Waals surface area contributed by atoms with Crippen LogP contribution in [0.5, 0.6) is 5.75 Å². The van der Waals surface area contributed by atoms with Crippen LogP contribution in [-0.2, 0) is 11.3 Å². The molecule has 0 aliphatic carbocycles. The molecule has 0 aliphatic heterocycles. The molecular weight excluding hydrogens is 256 g/mol. The first kappa shape index (κ1) is 14.1. The van der Waals surface area contributed by atoms with Crippen molar-refractivity contribution >= 4 is 5.97 Å². The summed E-state index contributed by atoms with van der Waals surface area (Å²) in [5.74, 6) is 0.108. The number of rotatable bonds is 5. The molecular formula is C16H16O4. The van der Waals surface area contributed by atoms with Gasteiger partial charge in [0.15, 0.2) is 6.29 Å². The van der Waals surface area contributed by atoms with Crippen molar-refractivity contribution in [3.8, 4) is 5.75 Å².